The summed E-state index contributed by atoms with van der Waals surface area (Å²) in [5, 5.41) is 4.94. The molecule has 0 aliphatic heterocycles. The van der Waals surface area contributed by atoms with Crippen LogP contribution in [0.15, 0.2) is 42.9 Å². The van der Waals surface area contributed by atoms with Crippen LogP contribution in [-0.2, 0) is 17.9 Å². The lowest BCUT2D eigenvalue weighted by molar-refractivity contribution is 0.0458. The van der Waals surface area contributed by atoms with Crippen LogP contribution in [0.1, 0.15) is 30.0 Å². The first-order valence-corrected chi connectivity index (χ1v) is 7.52. The number of fused-ring (bicyclic) bond motifs is 1. The van der Waals surface area contributed by atoms with Crippen LogP contribution in [0.2, 0.25) is 0 Å². The van der Waals surface area contributed by atoms with Gasteiger partial charge in [0.1, 0.15) is 6.33 Å². The predicted octanol–water partition coefficient (Wildman–Crippen LogP) is 2.84. The van der Waals surface area contributed by atoms with Crippen molar-refractivity contribution in [3.63, 3.8) is 0 Å². The van der Waals surface area contributed by atoms with E-state index in [2.05, 4.69) is 28.9 Å². The molecule has 118 valence electrons. The Kier molecular flexibility index (Phi) is 4.32. The maximum absolute atomic E-state index is 12.4. The summed E-state index contributed by atoms with van der Waals surface area (Å²) >= 11 is 0. The Morgan fingerprint density at radius 2 is 2.09 bits per heavy atom. The van der Waals surface area contributed by atoms with E-state index in [4.69, 9.17) is 4.74 Å². The minimum atomic E-state index is -0.386. The van der Waals surface area contributed by atoms with Crippen LogP contribution in [0.3, 0.4) is 0 Å². The highest BCUT2D eigenvalue weighted by molar-refractivity contribution is 6.03. The molecule has 0 N–H and O–H groups in total. The zero-order chi connectivity index (χ0) is 16.2. The van der Waals surface area contributed by atoms with E-state index in [0.717, 1.165) is 17.4 Å². The summed E-state index contributed by atoms with van der Waals surface area (Å²) in [6.07, 6.45) is 3.18. The van der Waals surface area contributed by atoms with Crippen LogP contribution in [0.4, 0.5) is 0 Å². The molecule has 0 aliphatic rings. The van der Waals surface area contributed by atoms with E-state index in [0.29, 0.717) is 17.3 Å². The van der Waals surface area contributed by atoms with Gasteiger partial charge >= 0.3 is 5.97 Å². The van der Waals surface area contributed by atoms with Gasteiger partial charge in [-0.2, -0.15) is 5.10 Å². The van der Waals surface area contributed by atoms with Gasteiger partial charge in [-0.15, -0.1) is 0 Å². The van der Waals surface area contributed by atoms with Gasteiger partial charge in [0.2, 0.25) is 0 Å². The van der Waals surface area contributed by atoms with Crippen molar-refractivity contribution < 1.29 is 9.53 Å². The van der Waals surface area contributed by atoms with Gasteiger partial charge < -0.3 is 4.74 Å². The van der Waals surface area contributed by atoms with Crippen molar-refractivity contribution in [2.45, 2.75) is 27.0 Å². The van der Waals surface area contributed by atoms with Gasteiger partial charge in [0, 0.05) is 18.1 Å². The molecular formula is C17H18N4O2. The molecule has 0 spiro atoms. The Labute approximate surface area is 134 Å². The van der Waals surface area contributed by atoms with Crippen LogP contribution in [0, 0.1) is 5.92 Å². The number of rotatable bonds is 5. The lowest BCUT2D eigenvalue weighted by Crippen LogP contribution is -2.13. The summed E-state index contributed by atoms with van der Waals surface area (Å²) in [5.74, 6) is 0.698. The number of pyridine rings is 1. The highest BCUT2D eigenvalue weighted by Gasteiger charge is 2.14. The number of aromatic nitrogens is 4. The first kappa shape index (κ1) is 15.1. The van der Waals surface area contributed by atoms with Crippen molar-refractivity contribution >= 4 is 16.9 Å². The number of ether oxygens (including phenoxy) is 1. The normalized spacial score (nSPS) is 11.1. The monoisotopic (exact) mass is 310 g/mol. The topological polar surface area (TPSA) is 69.9 Å². The van der Waals surface area contributed by atoms with Crippen LogP contribution < -0.4 is 0 Å². The molecule has 0 amide bonds. The van der Waals surface area contributed by atoms with Gasteiger partial charge in [0.25, 0.3) is 0 Å². The number of hydrogen-bond acceptors (Lipinski definition) is 5. The number of hydrogen-bond donors (Lipinski definition) is 0. The molecule has 3 rings (SSSR count). The van der Waals surface area contributed by atoms with E-state index in [1.165, 1.54) is 6.33 Å². The molecule has 0 fully saturated rings. The molecule has 0 radical (unpaired) electrons. The minimum absolute atomic E-state index is 0.0994. The summed E-state index contributed by atoms with van der Waals surface area (Å²) in [6, 6.07) is 9.07. The Balaban J connectivity index is 1.76. The number of esters is 1. The van der Waals surface area contributed by atoms with Crippen molar-refractivity contribution in [3.8, 4) is 0 Å². The standard InChI is InChI=1S/C17H18N4O2/c1-12(2)9-21-16(19-11-20-21)10-23-17(22)14-5-3-7-15-13(14)6-4-8-18-15/h3-8,11-12H,9-10H2,1-2H3. The maximum atomic E-state index is 12.4. The largest absolute Gasteiger partial charge is 0.454 e. The second kappa shape index (κ2) is 6.56. The number of benzene rings is 1. The second-order valence-corrected chi connectivity index (χ2v) is 5.70. The first-order chi connectivity index (χ1) is 11.1. The van der Waals surface area contributed by atoms with Crippen molar-refractivity contribution in [1.29, 1.82) is 0 Å². The molecular weight excluding hydrogens is 292 g/mol. The first-order valence-electron chi connectivity index (χ1n) is 7.52. The second-order valence-electron chi connectivity index (χ2n) is 5.70. The van der Waals surface area contributed by atoms with Crippen molar-refractivity contribution in [3.05, 3.63) is 54.2 Å². The third-order valence-corrected chi connectivity index (χ3v) is 3.43. The molecule has 0 unspecified atom stereocenters. The van der Waals surface area contributed by atoms with Crippen LogP contribution in [-0.4, -0.2) is 25.7 Å². The van der Waals surface area contributed by atoms with Crippen LogP contribution in [0.5, 0.6) is 0 Å². The molecule has 6 nitrogen and oxygen atoms in total. The van der Waals surface area contributed by atoms with E-state index < -0.39 is 0 Å². The zero-order valence-electron chi connectivity index (χ0n) is 13.1. The van der Waals surface area contributed by atoms with E-state index in [-0.39, 0.29) is 12.6 Å². The Morgan fingerprint density at radius 1 is 1.22 bits per heavy atom. The Morgan fingerprint density at radius 3 is 2.91 bits per heavy atom. The quantitative estimate of drug-likeness (QED) is 0.678. The lowest BCUT2D eigenvalue weighted by Gasteiger charge is -2.10. The third-order valence-electron chi connectivity index (χ3n) is 3.43. The average Bonchev–Trinajstić information content (AvgIpc) is 2.98. The molecule has 1 aromatic carbocycles. The van der Waals surface area contributed by atoms with Crippen molar-refractivity contribution in [1.82, 2.24) is 19.7 Å². The van der Waals surface area contributed by atoms with Crippen LogP contribution in [0.25, 0.3) is 10.9 Å². The summed E-state index contributed by atoms with van der Waals surface area (Å²) in [5.41, 5.74) is 1.27. The van der Waals surface area contributed by atoms with Crippen molar-refractivity contribution in [2.24, 2.45) is 5.92 Å². The average molecular weight is 310 g/mol. The van der Waals surface area contributed by atoms with E-state index in [1.54, 1.807) is 29.1 Å². The fourth-order valence-corrected chi connectivity index (χ4v) is 2.39. The number of carbonyl (C=O) groups excluding carboxylic acids is 1. The highest BCUT2D eigenvalue weighted by Crippen LogP contribution is 2.17. The molecule has 2 aromatic heterocycles. The van der Waals surface area contributed by atoms with Gasteiger partial charge in [-0.25, -0.2) is 14.5 Å². The van der Waals surface area contributed by atoms with Gasteiger partial charge in [-0.3, -0.25) is 4.98 Å². The van der Waals surface area contributed by atoms with Crippen LogP contribution >= 0.6 is 0 Å². The van der Waals surface area contributed by atoms with Gasteiger partial charge in [0.15, 0.2) is 12.4 Å². The molecule has 0 saturated carbocycles. The summed E-state index contributed by atoms with van der Waals surface area (Å²) in [7, 11) is 0. The molecule has 3 aromatic rings. The number of carbonyl (C=O) groups is 1. The fraction of sp³-hybridized carbons (Fsp3) is 0.294. The molecule has 6 heteroatoms. The van der Waals surface area contributed by atoms with Crippen molar-refractivity contribution in [2.75, 3.05) is 0 Å². The molecule has 0 atom stereocenters. The summed E-state index contributed by atoms with van der Waals surface area (Å²) < 4.78 is 7.18. The van der Waals surface area contributed by atoms with Gasteiger partial charge in [-0.05, 0) is 24.1 Å². The van der Waals surface area contributed by atoms with Gasteiger partial charge in [0.05, 0.1) is 11.1 Å². The minimum Gasteiger partial charge on any atom is -0.454 e. The highest BCUT2D eigenvalue weighted by atomic mass is 16.5. The lowest BCUT2D eigenvalue weighted by atomic mass is 10.1. The van der Waals surface area contributed by atoms with E-state index in [1.807, 2.05) is 12.1 Å². The Hall–Kier alpha value is -2.76. The maximum Gasteiger partial charge on any atom is 0.339 e. The van der Waals surface area contributed by atoms with Gasteiger partial charge in [-0.1, -0.05) is 26.0 Å². The number of nitrogens with zero attached hydrogens (tertiary/aromatic N) is 4. The third kappa shape index (κ3) is 3.36. The van der Waals surface area contributed by atoms with E-state index >= 15 is 0 Å². The molecule has 0 aliphatic carbocycles. The summed E-state index contributed by atoms with van der Waals surface area (Å²) in [6.45, 7) is 5.04. The smallest absolute Gasteiger partial charge is 0.339 e. The molecule has 0 bridgehead atoms. The van der Waals surface area contributed by atoms with E-state index in [9.17, 15) is 4.79 Å². The Bertz CT molecular complexity index is 821. The predicted molar refractivity (Wildman–Crippen MR) is 85.7 cm³/mol. The SMILES string of the molecule is CC(C)Cn1ncnc1COC(=O)c1cccc2ncccc12. The molecule has 23 heavy (non-hydrogen) atoms. The molecule has 2 heterocycles. The molecule has 0 saturated heterocycles. The zero-order valence-corrected chi connectivity index (χ0v) is 13.1. The fourth-order valence-electron chi connectivity index (χ4n) is 2.39. The summed E-state index contributed by atoms with van der Waals surface area (Å²) in [4.78, 5) is 20.8.